The molecule has 0 aromatic rings. The van der Waals surface area contributed by atoms with E-state index in [2.05, 4.69) is 0 Å². The quantitative estimate of drug-likeness (QED) is 0.385. The van der Waals surface area contributed by atoms with Crippen LogP contribution in [0.3, 0.4) is 0 Å². The minimum atomic E-state index is -1.81. The first-order chi connectivity index (χ1) is 4.79. The molecule has 1 rings (SSSR count). The monoisotopic (exact) mass is 184 g/mol. The number of hydrogen-bond acceptors (Lipinski definition) is 2. The third kappa shape index (κ3) is 5.36. The SMILES string of the molecule is O=S([O-])CC1CCCCC1.[Na+]. The number of rotatable bonds is 2. The molecule has 1 aliphatic rings. The van der Waals surface area contributed by atoms with E-state index in [-0.39, 0.29) is 29.6 Å². The fraction of sp³-hybridized carbons (Fsp3) is 1.00. The second-order valence-corrected chi connectivity index (χ2v) is 3.92. The summed E-state index contributed by atoms with van der Waals surface area (Å²) in [5.41, 5.74) is 0. The van der Waals surface area contributed by atoms with Crippen LogP contribution in [-0.2, 0) is 11.1 Å². The van der Waals surface area contributed by atoms with Crippen LogP contribution in [0.15, 0.2) is 0 Å². The average molecular weight is 184 g/mol. The second kappa shape index (κ2) is 6.61. The van der Waals surface area contributed by atoms with E-state index in [9.17, 15) is 8.76 Å². The van der Waals surface area contributed by atoms with Gasteiger partial charge < -0.3 is 4.55 Å². The minimum Gasteiger partial charge on any atom is -0.772 e. The summed E-state index contributed by atoms with van der Waals surface area (Å²) in [5, 5.41) is 0. The Labute approximate surface area is 92.7 Å². The van der Waals surface area contributed by atoms with Crippen molar-refractivity contribution in [2.75, 3.05) is 5.75 Å². The zero-order valence-electron chi connectivity index (χ0n) is 7.04. The Morgan fingerprint density at radius 3 is 2.27 bits per heavy atom. The molecule has 0 amide bonds. The van der Waals surface area contributed by atoms with Crippen LogP contribution in [0.25, 0.3) is 0 Å². The molecule has 60 valence electrons. The third-order valence-electron chi connectivity index (χ3n) is 2.10. The molecule has 4 heteroatoms. The van der Waals surface area contributed by atoms with E-state index in [1.54, 1.807) is 0 Å². The van der Waals surface area contributed by atoms with Gasteiger partial charge in [0.25, 0.3) is 0 Å². The maximum Gasteiger partial charge on any atom is 1.00 e. The normalized spacial score (nSPS) is 22.3. The summed E-state index contributed by atoms with van der Waals surface area (Å²) in [6, 6.07) is 0. The van der Waals surface area contributed by atoms with Crippen molar-refractivity contribution in [1.29, 1.82) is 0 Å². The summed E-state index contributed by atoms with van der Waals surface area (Å²) >= 11 is -1.81. The molecule has 0 saturated heterocycles. The van der Waals surface area contributed by atoms with Gasteiger partial charge in [0.05, 0.1) is 0 Å². The van der Waals surface area contributed by atoms with Gasteiger partial charge in [0, 0.05) is 5.75 Å². The zero-order chi connectivity index (χ0) is 7.40. The van der Waals surface area contributed by atoms with Crippen LogP contribution in [0.2, 0.25) is 0 Å². The molecule has 0 N–H and O–H groups in total. The Bertz CT molecular complexity index is 124. The molecule has 0 aliphatic heterocycles. The first kappa shape index (κ1) is 12.1. The van der Waals surface area contributed by atoms with Crippen molar-refractivity contribution in [2.24, 2.45) is 5.92 Å². The van der Waals surface area contributed by atoms with Gasteiger partial charge in [0.2, 0.25) is 0 Å². The van der Waals surface area contributed by atoms with E-state index in [1.807, 2.05) is 0 Å². The molecule has 0 bridgehead atoms. The van der Waals surface area contributed by atoms with E-state index in [4.69, 9.17) is 0 Å². The molecule has 11 heavy (non-hydrogen) atoms. The topological polar surface area (TPSA) is 40.1 Å². The molecule has 1 fully saturated rings. The Kier molecular flexibility index (Phi) is 7.27. The van der Waals surface area contributed by atoms with Gasteiger partial charge in [-0.05, 0) is 18.8 Å². The van der Waals surface area contributed by atoms with Crippen molar-refractivity contribution in [3.63, 3.8) is 0 Å². The first-order valence-electron chi connectivity index (χ1n) is 3.85. The van der Waals surface area contributed by atoms with Crippen LogP contribution in [0.1, 0.15) is 32.1 Å². The average Bonchev–Trinajstić information content (AvgIpc) is 1.88. The molecule has 1 aliphatic carbocycles. The summed E-state index contributed by atoms with van der Waals surface area (Å²) in [6.07, 6.45) is 5.98. The predicted octanol–water partition coefficient (Wildman–Crippen LogP) is -1.55. The number of hydrogen-bond donors (Lipinski definition) is 0. The molecule has 1 atom stereocenters. The van der Waals surface area contributed by atoms with Crippen molar-refractivity contribution >= 4 is 11.1 Å². The van der Waals surface area contributed by atoms with Crippen molar-refractivity contribution in [3.05, 3.63) is 0 Å². The van der Waals surface area contributed by atoms with E-state index in [0.29, 0.717) is 11.7 Å². The maximum atomic E-state index is 10.3. The smallest absolute Gasteiger partial charge is 0.772 e. The van der Waals surface area contributed by atoms with Crippen molar-refractivity contribution in [1.82, 2.24) is 0 Å². The fourth-order valence-electron chi connectivity index (χ4n) is 1.55. The summed E-state index contributed by atoms with van der Waals surface area (Å²) in [5.74, 6) is 0.854. The first-order valence-corrected chi connectivity index (χ1v) is 5.09. The summed E-state index contributed by atoms with van der Waals surface area (Å²) in [4.78, 5) is 0. The fourth-order valence-corrected chi connectivity index (χ4v) is 2.26. The van der Waals surface area contributed by atoms with Crippen molar-refractivity contribution < 1.29 is 38.3 Å². The van der Waals surface area contributed by atoms with E-state index in [0.717, 1.165) is 12.8 Å². The van der Waals surface area contributed by atoms with Gasteiger partial charge >= 0.3 is 29.6 Å². The van der Waals surface area contributed by atoms with Gasteiger partial charge in [-0.15, -0.1) is 0 Å². The van der Waals surface area contributed by atoms with Crippen LogP contribution in [0.4, 0.5) is 0 Å². The van der Waals surface area contributed by atoms with Gasteiger partial charge in [0.15, 0.2) is 0 Å². The molecule has 1 saturated carbocycles. The molecule has 0 spiro atoms. The van der Waals surface area contributed by atoms with Gasteiger partial charge in [-0.3, -0.25) is 4.21 Å². The molecule has 2 nitrogen and oxygen atoms in total. The Hall–Kier alpha value is 1.11. The van der Waals surface area contributed by atoms with Crippen molar-refractivity contribution in [2.45, 2.75) is 32.1 Å². The largest absolute Gasteiger partial charge is 1.00 e. The van der Waals surface area contributed by atoms with E-state index < -0.39 is 11.1 Å². The Morgan fingerprint density at radius 1 is 1.27 bits per heavy atom. The third-order valence-corrected chi connectivity index (χ3v) is 2.84. The Morgan fingerprint density at radius 2 is 1.82 bits per heavy atom. The zero-order valence-corrected chi connectivity index (χ0v) is 9.86. The molecular formula is C7H13NaO2S. The summed E-state index contributed by atoms with van der Waals surface area (Å²) < 4.78 is 20.5. The molecule has 0 heterocycles. The summed E-state index contributed by atoms with van der Waals surface area (Å²) in [7, 11) is 0. The molecule has 0 aromatic carbocycles. The predicted molar refractivity (Wildman–Crippen MR) is 40.4 cm³/mol. The van der Waals surface area contributed by atoms with Crippen LogP contribution in [-0.4, -0.2) is 14.5 Å². The van der Waals surface area contributed by atoms with Crippen LogP contribution in [0, 0.1) is 5.92 Å². The minimum absolute atomic E-state index is 0. The van der Waals surface area contributed by atoms with E-state index >= 15 is 0 Å². The van der Waals surface area contributed by atoms with Crippen LogP contribution in [0.5, 0.6) is 0 Å². The van der Waals surface area contributed by atoms with Gasteiger partial charge in [-0.2, -0.15) is 0 Å². The van der Waals surface area contributed by atoms with Crippen LogP contribution >= 0.6 is 0 Å². The van der Waals surface area contributed by atoms with Crippen molar-refractivity contribution in [3.8, 4) is 0 Å². The molecule has 0 aromatic heterocycles. The second-order valence-electron chi connectivity index (χ2n) is 2.97. The summed E-state index contributed by atoms with van der Waals surface area (Å²) in [6.45, 7) is 0. The van der Waals surface area contributed by atoms with Gasteiger partial charge in [0.1, 0.15) is 0 Å². The maximum absolute atomic E-state index is 10.3. The standard InChI is InChI=1S/C7H14O2S.Na/c8-10(9)6-7-4-2-1-3-5-7;/h7H,1-6H2,(H,8,9);/q;+1/p-1. The van der Waals surface area contributed by atoms with E-state index in [1.165, 1.54) is 19.3 Å². The van der Waals surface area contributed by atoms with Crippen LogP contribution < -0.4 is 29.6 Å². The Balaban J connectivity index is 0.000001000. The van der Waals surface area contributed by atoms with Gasteiger partial charge in [-0.25, -0.2) is 0 Å². The van der Waals surface area contributed by atoms with Gasteiger partial charge in [-0.1, -0.05) is 30.3 Å². The molecule has 0 radical (unpaired) electrons. The molecule has 1 unspecified atom stereocenters. The molecular weight excluding hydrogens is 171 g/mol.